The molecule has 0 aliphatic rings. The van der Waals surface area contributed by atoms with Gasteiger partial charge < -0.3 is 10.2 Å². The van der Waals surface area contributed by atoms with E-state index in [1.165, 1.54) is 0 Å². The lowest BCUT2D eigenvalue weighted by molar-refractivity contribution is -0.129. The van der Waals surface area contributed by atoms with Crippen LogP contribution in [0.3, 0.4) is 0 Å². The summed E-state index contributed by atoms with van der Waals surface area (Å²) < 4.78 is 1.03. The van der Waals surface area contributed by atoms with Crippen LogP contribution in [0.15, 0.2) is 59.1 Å². The predicted octanol–water partition coefficient (Wildman–Crippen LogP) is 3.91. The predicted molar refractivity (Wildman–Crippen MR) is 90.2 cm³/mol. The molecule has 2 aromatic carbocycles. The Kier molecular flexibility index (Phi) is 5.81. The van der Waals surface area contributed by atoms with E-state index in [0.717, 1.165) is 15.7 Å². The van der Waals surface area contributed by atoms with Crippen molar-refractivity contribution in [3.63, 3.8) is 0 Å². The first-order valence-electron chi connectivity index (χ1n) is 7.00. The fraction of sp³-hybridized carbons (Fsp3) is 0.235. The molecule has 0 heterocycles. The van der Waals surface area contributed by atoms with Gasteiger partial charge in [-0.2, -0.15) is 0 Å². The van der Waals surface area contributed by atoms with E-state index in [-0.39, 0.29) is 5.91 Å². The van der Waals surface area contributed by atoms with Crippen LogP contribution in [-0.2, 0) is 11.3 Å². The van der Waals surface area contributed by atoms with Gasteiger partial charge >= 0.3 is 0 Å². The van der Waals surface area contributed by atoms with E-state index in [0.29, 0.717) is 19.6 Å². The Hall–Kier alpha value is -1.81. The van der Waals surface area contributed by atoms with Gasteiger partial charge in [-0.15, -0.1) is 0 Å². The normalized spacial score (nSPS) is 10.2. The molecule has 21 heavy (non-hydrogen) atoms. The highest BCUT2D eigenvalue weighted by Crippen LogP contribution is 2.14. The number of amides is 1. The first-order chi connectivity index (χ1) is 10.2. The van der Waals surface area contributed by atoms with Crippen LogP contribution in [0, 0.1) is 0 Å². The summed E-state index contributed by atoms with van der Waals surface area (Å²) in [5.74, 6) is 0.101. The molecule has 0 atom stereocenters. The summed E-state index contributed by atoms with van der Waals surface area (Å²) in [5, 5.41) is 3.16. The van der Waals surface area contributed by atoms with Crippen LogP contribution in [-0.4, -0.2) is 23.9 Å². The number of rotatable bonds is 6. The molecule has 0 aliphatic carbocycles. The number of carbonyl (C=O) groups excluding carboxylic acids is 1. The molecule has 2 rings (SSSR count). The molecule has 3 nitrogen and oxygen atoms in total. The fourth-order valence-corrected chi connectivity index (χ4v) is 2.30. The maximum atomic E-state index is 12.3. The van der Waals surface area contributed by atoms with Gasteiger partial charge in [0.2, 0.25) is 5.91 Å². The van der Waals surface area contributed by atoms with E-state index in [1.54, 1.807) is 0 Å². The maximum Gasteiger partial charge on any atom is 0.242 e. The topological polar surface area (TPSA) is 32.3 Å². The van der Waals surface area contributed by atoms with Crippen LogP contribution in [0.25, 0.3) is 0 Å². The van der Waals surface area contributed by atoms with E-state index in [2.05, 4.69) is 21.2 Å². The van der Waals surface area contributed by atoms with Crippen molar-refractivity contribution in [1.29, 1.82) is 0 Å². The van der Waals surface area contributed by atoms with Crippen molar-refractivity contribution in [3.05, 3.63) is 64.6 Å². The molecule has 0 saturated heterocycles. The average Bonchev–Trinajstić information content (AvgIpc) is 2.52. The van der Waals surface area contributed by atoms with Crippen LogP contribution >= 0.6 is 15.9 Å². The van der Waals surface area contributed by atoms with Gasteiger partial charge in [-0.05, 0) is 36.8 Å². The molecule has 0 aromatic heterocycles. The molecule has 1 N–H and O–H groups in total. The highest BCUT2D eigenvalue weighted by atomic mass is 79.9. The molecule has 0 saturated carbocycles. The van der Waals surface area contributed by atoms with Gasteiger partial charge in [0.1, 0.15) is 0 Å². The van der Waals surface area contributed by atoms with Crippen LogP contribution in [0.5, 0.6) is 0 Å². The quantitative estimate of drug-likeness (QED) is 0.859. The average molecular weight is 347 g/mol. The number of hydrogen-bond donors (Lipinski definition) is 1. The number of likely N-dealkylation sites (N-methyl/N-ethyl adjacent to an activating group) is 1. The van der Waals surface area contributed by atoms with Crippen LogP contribution in [0.4, 0.5) is 5.69 Å². The Morgan fingerprint density at radius 2 is 1.76 bits per heavy atom. The number of carbonyl (C=O) groups is 1. The molecular weight excluding hydrogens is 328 g/mol. The minimum absolute atomic E-state index is 0.101. The molecule has 110 valence electrons. The number of anilines is 1. The Morgan fingerprint density at radius 3 is 2.38 bits per heavy atom. The molecule has 2 aromatic rings. The molecule has 0 fully saturated rings. The minimum Gasteiger partial charge on any atom is -0.376 e. The highest BCUT2D eigenvalue weighted by molar-refractivity contribution is 9.10. The van der Waals surface area contributed by atoms with Crippen molar-refractivity contribution in [3.8, 4) is 0 Å². The zero-order valence-electron chi connectivity index (χ0n) is 12.1. The van der Waals surface area contributed by atoms with Crippen molar-refractivity contribution >= 4 is 27.5 Å². The van der Waals surface area contributed by atoms with Crippen molar-refractivity contribution in [2.24, 2.45) is 0 Å². The minimum atomic E-state index is 0.101. The Bertz CT molecular complexity index is 569. The molecule has 0 bridgehead atoms. The summed E-state index contributed by atoms with van der Waals surface area (Å²) in [6.07, 6.45) is 0. The van der Waals surface area contributed by atoms with Crippen molar-refractivity contribution in [1.82, 2.24) is 4.90 Å². The lowest BCUT2D eigenvalue weighted by atomic mass is 10.2. The van der Waals surface area contributed by atoms with Gasteiger partial charge in [0.05, 0.1) is 6.54 Å². The van der Waals surface area contributed by atoms with Crippen molar-refractivity contribution in [2.45, 2.75) is 13.5 Å². The maximum absolute atomic E-state index is 12.3. The van der Waals surface area contributed by atoms with Gasteiger partial charge in [-0.25, -0.2) is 0 Å². The van der Waals surface area contributed by atoms with E-state index in [4.69, 9.17) is 0 Å². The first-order valence-corrected chi connectivity index (χ1v) is 7.79. The molecule has 0 aliphatic heterocycles. The molecular formula is C17H19BrN2O. The van der Waals surface area contributed by atoms with Crippen LogP contribution in [0.1, 0.15) is 12.5 Å². The fourth-order valence-electron chi connectivity index (χ4n) is 2.04. The van der Waals surface area contributed by atoms with Gasteiger partial charge in [-0.1, -0.05) is 46.3 Å². The van der Waals surface area contributed by atoms with Crippen molar-refractivity contribution in [2.75, 3.05) is 18.4 Å². The van der Waals surface area contributed by atoms with E-state index in [9.17, 15) is 4.79 Å². The number of nitrogens with one attached hydrogen (secondary N) is 1. The first kappa shape index (κ1) is 15.6. The Balaban J connectivity index is 1.89. The summed E-state index contributed by atoms with van der Waals surface area (Å²) in [4.78, 5) is 14.1. The van der Waals surface area contributed by atoms with Crippen molar-refractivity contribution < 1.29 is 4.79 Å². The number of hydrogen-bond acceptors (Lipinski definition) is 2. The number of halogens is 1. The van der Waals surface area contributed by atoms with Gasteiger partial charge in [0.25, 0.3) is 0 Å². The second-order valence-electron chi connectivity index (χ2n) is 4.75. The Labute approximate surface area is 134 Å². The molecule has 0 spiro atoms. The third-order valence-electron chi connectivity index (χ3n) is 3.24. The largest absolute Gasteiger partial charge is 0.376 e. The lowest BCUT2D eigenvalue weighted by Gasteiger charge is -2.21. The standard InChI is InChI=1S/C17H19BrN2O/c1-2-20(13-14-6-4-3-5-7-14)17(21)12-19-16-10-8-15(18)9-11-16/h3-11,19H,2,12-13H2,1H3. The zero-order chi connectivity index (χ0) is 15.1. The summed E-state index contributed by atoms with van der Waals surface area (Å²) >= 11 is 3.39. The van der Waals surface area contributed by atoms with E-state index >= 15 is 0 Å². The lowest BCUT2D eigenvalue weighted by Crippen LogP contribution is -2.34. The summed E-state index contributed by atoms with van der Waals surface area (Å²) in [7, 11) is 0. The van der Waals surface area contributed by atoms with Gasteiger partial charge in [0, 0.05) is 23.2 Å². The number of benzene rings is 2. The summed E-state index contributed by atoms with van der Waals surface area (Å²) in [5.41, 5.74) is 2.10. The van der Waals surface area contributed by atoms with E-state index in [1.807, 2.05) is 66.4 Å². The molecule has 4 heteroatoms. The Morgan fingerprint density at radius 1 is 1.10 bits per heavy atom. The third-order valence-corrected chi connectivity index (χ3v) is 3.77. The molecule has 0 unspecified atom stereocenters. The highest BCUT2D eigenvalue weighted by Gasteiger charge is 2.11. The zero-order valence-corrected chi connectivity index (χ0v) is 13.6. The summed E-state index contributed by atoms with van der Waals surface area (Å²) in [6.45, 7) is 3.66. The second kappa shape index (κ2) is 7.84. The third kappa shape index (κ3) is 4.90. The van der Waals surface area contributed by atoms with Gasteiger partial charge in [0.15, 0.2) is 0 Å². The van der Waals surface area contributed by atoms with Crippen LogP contribution in [0.2, 0.25) is 0 Å². The van der Waals surface area contributed by atoms with E-state index < -0.39 is 0 Å². The number of nitrogens with zero attached hydrogens (tertiary/aromatic N) is 1. The summed E-state index contributed by atoms with van der Waals surface area (Å²) in [6, 6.07) is 17.9. The van der Waals surface area contributed by atoms with Gasteiger partial charge in [-0.3, -0.25) is 4.79 Å². The second-order valence-corrected chi connectivity index (χ2v) is 5.67. The SMILES string of the molecule is CCN(Cc1ccccc1)C(=O)CNc1ccc(Br)cc1. The van der Waals surface area contributed by atoms with Crippen LogP contribution < -0.4 is 5.32 Å². The smallest absolute Gasteiger partial charge is 0.242 e. The molecule has 0 radical (unpaired) electrons. The molecule has 1 amide bonds. The monoisotopic (exact) mass is 346 g/mol.